The molecule has 2 bridgehead atoms. The Labute approximate surface area is 219 Å². The molecule has 0 saturated carbocycles. The number of carbonyl (C=O) groups excluding carboxylic acids is 1. The van der Waals surface area contributed by atoms with Crippen molar-refractivity contribution < 1.29 is 4.79 Å². The zero-order valence-electron chi connectivity index (χ0n) is 21.0. The molecule has 10 heteroatoms. The van der Waals surface area contributed by atoms with E-state index in [0.29, 0.717) is 23.6 Å². The Kier molecular flexibility index (Phi) is 5.88. The summed E-state index contributed by atoms with van der Waals surface area (Å²) in [6, 6.07) is 10.7. The van der Waals surface area contributed by atoms with E-state index >= 15 is 0 Å². The molecule has 2 fully saturated rings. The highest BCUT2D eigenvalue weighted by atomic mass is 32.1. The van der Waals surface area contributed by atoms with Gasteiger partial charge in [-0.1, -0.05) is 11.3 Å². The van der Waals surface area contributed by atoms with Crippen LogP contribution in [-0.4, -0.2) is 53.7 Å². The molecule has 0 aromatic carbocycles. The van der Waals surface area contributed by atoms with Gasteiger partial charge >= 0.3 is 0 Å². The van der Waals surface area contributed by atoms with E-state index in [9.17, 15) is 10.1 Å². The van der Waals surface area contributed by atoms with E-state index in [4.69, 9.17) is 4.98 Å². The molecule has 9 nitrogen and oxygen atoms in total. The van der Waals surface area contributed by atoms with Crippen molar-refractivity contribution in [2.75, 3.05) is 5.32 Å². The van der Waals surface area contributed by atoms with Gasteiger partial charge in [0.05, 0.1) is 34.2 Å². The van der Waals surface area contributed by atoms with Gasteiger partial charge in [0, 0.05) is 42.9 Å². The molecule has 2 atom stereocenters. The monoisotopic (exact) mass is 512 g/mol. The zero-order valence-corrected chi connectivity index (χ0v) is 21.9. The third kappa shape index (κ3) is 4.23. The summed E-state index contributed by atoms with van der Waals surface area (Å²) < 4.78 is 1.80. The van der Waals surface area contributed by atoms with Gasteiger partial charge in [0.2, 0.25) is 5.91 Å². The normalized spacial score (nSPS) is 20.9. The summed E-state index contributed by atoms with van der Waals surface area (Å²) in [5.41, 5.74) is 4.86. The summed E-state index contributed by atoms with van der Waals surface area (Å²) in [6.45, 7) is 5.89. The van der Waals surface area contributed by atoms with Crippen LogP contribution in [0.1, 0.15) is 62.9 Å². The topological polar surface area (TPSA) is 112 Å². The number of carbonyl (C=O) groups is 1. The summed E-state index contributed by atoms with van der Waals surface area (Å²) in [4.78, 5) is 19.0. The van der Waals surface area contributed by atoms with Crippen molar-refractivity contribution in [1.29, 1.82) is 5.26 Å². The van der Waals surface area contributed by atoms with Crippen LogP contribution in [-0.2, 0) is 4.79 Å². The van der Waals surface area contributed by atoms with Crippen molar-refractivity contribution >= 4 is 28.4 Å². The highest BCUT2D eigenvalue weighted by molar-refractivity contribution is 7.14. The Balaban J connectivity index is 1.32. The molecule has 4 aromatic rings. The number of fused-ring (bicyclic) bond motifs is 3. The lowest BCUT2D eigenvalue weighted by molar-refractivity contribution is -0.133. The molecule has 1 N–H and O–H groups in total. The molecular formula is C27H28N8OS. The third-order valence-corrected chi connectivity index (χ3v) is 8.48. The second-order valence-corrected chi connectivity index (χ2v) is 11.3. The van der Waals surface area contributed by atoms with Gasteiger partial charge in [0.1, 0.15) is 11.1 Å². The molecule has 2 saturated heterocycles. The van der Waals surface area contributed by atoms with Gasteiger partial charge in [-0.2, -0.15) is 10.4 Å². The average molecular weight is 513 g/mol. The van der Waals surface area contributed by atoms with Gasteiger partial charge in [-0.15, -0.1) is 10.2 Å². The number of nitrogens with zero attached hydrogens (tertiary/aromatic N) is 7. The predicted molar refractivity (Wildman–Crippen MR) is 142 cm³/mol. The minimum Gasteiger partial charge on any atom is -0.382 e. The number of nitrogens with one attached hydrogen (secondary N) is 1. The fraction of sp³-hybridized carbons (Fsp3) is 0.407. The summed E-state index contributed by atoms with van der Waals surface area (Å²) in [5.74, 6) is 0.528. The Morgan fingerprint density at radius 3 is 2.65 bits per heavy atom. The first-order valence-electron chi connectivity index (χ1n) is 12.7. The quantitative estimate of drug-likeness (QED) is 0.406. The van der Waals surface area contributed by atoms with E-state index in [1.54, 1.807) is 29.0 Å². The smallest absolute Gasteiger partial charge is 0.219 e. The second-order valence-electron chi connectivity index (χ2n) is 10.3. The molecule has 6 heterocycles. The Morgan fingerprint density at radius 1 is 1.16 bits per heavy atom. The van der Waals surface area contributed by atoms with Crippen LogP contribution in [0.4, 0.5) is 5.69 Å². The average Bonchev–Trinajstić information content (AvgIpc) is 3.59. The van der Waals surface area contributed by atoms with Crippen molar-refractivity contribution in [1.82, 2.24) is 29.7 Å². The second kappa shape index (κ2) is 9.23. The molecule has 4 aromatic heterocycles. The SMILES string of the molecule is CC(=O)N1C2CCC1CC(c1nnc(-c3cnc(-c4ccc5cc(C#N)cnn45)cc3NC(C)C)s1)C2. The number of rotatable bonds is 5. The Bertz CT molecular complexity index is 1520. The minimum absolute atomic E-state index is 0.191. The Morgan fingerprint density at radius 2 is 1.95 bits per heavy atom. The fourth-order valence-corrected chi connectivity index (χ4v) is 6.84. The number of aromatic nitrogens is 5. The van der Waals surface area contributed by atoms with E-state index in [1.807, 2.05) is 30.5 Å². The molecule has 0 spiro atoms. The number of piperidine rings is 1. The Hall–Kier alpha value is -3.84. The number of hydrogen-bond acceptors (Lipinski definition) is 8. The molecule has 0 aliphatic carbocycles. The van der Waals surface area contributed by atoms with Crippen molar-refractivity contribution in [3.8, 4) is 28.0 Å². The number of hydrogen-bond donors (Lipinski definition) is 1. The highest BCUT2D eigenvalue weighted by Crippen LogP contribution is 2.45. The predicted octanol–water partition coefficient (Wildman–Crippen LogP) is 4.86. The third-order valence-electron chi connectivity index (χ3n) is 7.36. The molecule has 37 heavy (non-hydrogen) atoms. The standard InChI is InChI=1S/C27H28N8OS/c1-15(2)31-23-11-24(25-7-6-21-8-17(12-28)13-30-35(21)25)29-14-22(23)27-33-32-26(37-27)18-9-19-4-5-20(10-18)34(19)16(3)36/h6-8,11,13-15,18-20H,4-5,9-10H2,1-3H3,(H,29,31). The first-order chi connectivity index (χ1) is 17.9. The highest BCUT2D eigenvalue weighted by Gasteiger charge is 2.43. The van der Waals surface area contributed by atoms with Crippen LogP contribution < -0.4 is 5.32 Å². The summed E-state index contributed by atoms with van der Waals surface area (Å²) in [5, 5.41) is 28.2. The van der Waals surface area contributed by atoms with Gasteiger partial charge in [-0.05, 0) is 63.8 Å². The van der Waals surface area contributed by atoms with E-state index in [2.05, 4.69) is 45.4 Å². The lowest BCUT2D eigenvalue weighted by Gasteiger charge is -2.37. The number of nitriles is 1. The van der Waals surface area contributed by atoms with Crippen molar-refractivity contribution in [2.24, 2.45) is 0 Å². The van der Waals surface area contributed by atoms with Gasteiger partial charge < -0.3 is 10.2 Å². The van der Waals surface area contributed by atoms with Crippen molar-refractivity contribution in [2.45, 2.75) is 70.5 Å². The first kappa shape index (κ1) is 23.6. The van der Waals surface area contributed by atoms with E-state index < -0.39 is 0 Å². The largest absolute Gasteiger partial charge is 0.382 e. The molecule has 2 unspecified atom stereocenters. The molecule has 2 aliphatic rings. The van der Waals surface area contributed by atoms with E-state index in [-0.39, 0.29) is 11.9 Å². The van der Waals surface area contributed by atoms with E-state index in [0.717, 1.165) is 63.9 Å². The van der Waals surface area contributed by atoms with Crippen LogP contribution >= 0.6 is 11.3 Å². The number of anilines is 1. The van der Waals surface area contributed by atoms with Crippen LogP contribution in [0.5, 0.6) is 0 Å². The minimum atomic E-state index is 0.191. The van der Waals surface area contributed by atoms with Gasteiger partial charge in [-0.3, -0.25) is 9.78 Å². The molecule has 0 radical (unpaired) electrons. The maximum atomic E-state index is 12.1. The summed E-state index contributed by atoms with van der Waals surface area (Å²) in [7, 11) is 0. The number of amides is 1. The van der Waals surface area contributed by atoms with Crippen LogP contribution in [0.3, 0.4) is 0 Å². The van der Waals surface area contributed by atoms with Crippen molar-refractivity contribution in [3.63, 3.8) is 0 Å². The lowest BCUT2D eigenvalue weighted by atomic mass is 9.91. The molecule has 2 aliphatic heterocycles. The molecule has 188 valence electrons. The van der Waals surface area contributed by atoms with Crippen LogP contribution in [0.25, 0.3) is 27.5 Å². The van der Waals surface area contributed by atoms with Gasteiger partial charge in [-0.25, -0.2) is 4.52 Å². The zero-order chi connectivity index (χ0) is 25.7. The van der Waals surface area contributed by atoms with Crippen molar-refractivity contribution in [3.05, 3.63) is 47.2 Å². The summed E-state index contributed by atoms with van der Waals surface area (Å²) >= 11 is 1.63. The number of pyridine rings is 1. The first-order valence-corrected chi connectivity index (χ1v) is 13.5. The maximum Gasteiger partial charge on any atom is 0.219 e. The lowest BCUT2D eigenvalue weighted by Crippen LogP contribution is -2.44. The molecule has 1 amide bonds. The molecular weight excluding hydrogens is 484 g/mol. The van der Waals surface area contributed by atoms with Gasteiger partial charge in [0.25, 0.3) is 0 Å². The van der Waals surface area contributed by atoms with Crippen LogP contribution in [0.2, 0.25) is 0 Å². The summed E-state index contributed by atoms with van der Waals surface area (Å²) in [6.07, 6.45) is 7.51. The fourth-order valence-electron chi connectivity index (χ4n) is 5.85. The maximum absolute atomic E-state index is 12.1. The van der Waals surface area contributed by atoms with Crippen LogP contribution in [0.15, 0.2) is 36.7 Å². The van der Waals surface area contributed by atoms with E-state index in [1.165, 1.54) is 0 Å². The molecule has 6 rings (SSSR count). The van der Waals surface area contributed by atoms with Gasteiger partial charge in [0.15, 0.2) is 5.01 Å². The van der Waals surface area contributed by atoms with Crippen LogP contribution in [0, 0.1) is 11.3 Å².